The van der Waals surface area contributed by atoms with Gasteiger partial charge in [-0.3, -0.25) is 9.59 Å². The molecule has 2 N–H and O–H groups in total. The Labute approximate surface area is 154 Å². The Kier molecular flexibility index (Phi) is 5.24. The van der Waals surface area contributed by atoms with Gasteiger partial charge in [-0.1, -0.05) is 17.7 Å². The lowest BCUT2D eigenvalue weighted by molar-refractivity contribution is 0.0994. The fourth-order valence-corrected chi connectivity index (χ4v) is 2.49. The summed E-state index contributed by atoms with van der Waals surface area (Å²) in [7, 11) is 1.47. The number of carbonyl (C=O) groups is 2. The molecule has 3 rings (SSSR count). The number of nitrogens with one attached hydrogen (secondary N) is 2. The standard InChI is InChI=1S/C19H15ClN2O4/c1-25-17-11-14(21-18(23)12-4-2-5-13(20)10-12)7-8-15(17)22-19(24)16-6-3-9-26-16/h2-11H,1H3,(H,21,23)(H,22,24). The minimum atomic E-state index is -0.399. The van der Waals surface area contributed by atoms with Crippen LogP contribution in [0, 0.1) is 0 Å². The predicted molar refractivity (Wildman–Crippen MR) is 99.1 cm³/mol. The van der Waals surface area contributed by atoms with Crippen LogP contribution in [0.4, 0.5) is 11.4 Å². The zero-order chi connectivity index (χ0) is 18.5. The molecule has 3 aromatic rings. The predicted octanol–water partition coefficient (Wildman–Crippen LogP) is 4.45. The first-order valence-corrected chi connectivity index (χ1v) is 8.04. The molecule has 1 heterocycles. The van der Waals surface area contributed by atoms with E-state index in [9.17, 15) is 9.59 Å². The number of ether oxygens (including phenoxy) is 1. The summed E-state index contributed by atoms with van der Waals surface area (Å²) in [5.41, 5.74) is 1.41. The van der Waals surface area contributed by atoms with E-state index in [4.69, 9.17) is 20.8 Å². The molecule has 0 fully saturated rings. The van der Waals surface area contributed by atoms with E-state index in [0.29, 0.717) is 27.7 Å². The van der Waals surface area contributed by atoms with Crippen molar-refractivity contribution in [2.24, 2.45) is 0 Å². The smallest absolute Gasteiger partial charge is 0.291 e. The summed E-state index contributed by atoms with van der Waals surface area (Å²) in [4.78, 5) is 24.4. The Morgan fingerprint density at radius 3 is 2.54 bits per heavy atom. The maximum absolute atomic E-state index is 12.3. The number of halogens is 1. The van der Waals surface area contributed by atoms with Gasteiger partial charge in [0, 0.05) is 22.3 Å². The highest BCUT2D eigenvalue weighted by atomic mass is 35.5. The fraction of sp³-hybridized carbons (Fsp3) is 0.0526. The molecule has 1 aromatic heterocycles. The van der Waals surface area contributed by atoms with Crippen LogP contribution in [0.15, 0.2) is 65.3 Å². The van der Waals surface area contributed by atoms with Crippen LogP contribution in [-0.2, 0) is 0 Å². The molecule has 26 heavy (non-hydrogen) atoms. The van der Waals surface area contributed by atoms with Crippen molar-refractivity contribution in [3.05, 3.63) is 77.2 Å². The van der Waals surface area contributed by atoms with Gasteiger partial charge in [0.05, 0.1) is 19.1 Å². The van der Waals surface area contributed by atoms with Gasteiger partial charge in [0.25, 0.3) is 11.8 Å². The van der Waals surface area contributed by atoms with E-state index in [0.717, 1.165) is 0 Å². The molecule has 6 nitrogen and oxygen atoms in total. The van der Waals surface area contributed by atoms with Crippen LogP contribution >= 0.6 is 11.6 Å². The van der Waals surface area contributed by atoms with Crippen molar-refractivity contribution in [1.82, 2.24) is 0 Å². The third kappa shape index (κ3) is 4.04. The van der Waals surface area contributed by atoms with Crippen LogP contribution in [0.5, 0.6) is 5.75 Å². The van der Waals surface area contributed by atoms with E-state index < -0.39 is 5.91 Å². The number of anilines is 2. The average molecular weight is 371 g/mol. The minimum Gasteiger partial charge on any atom is -0.494 e. The Hall–Kier alpha value is -3.25. The van der Waals surface area contributed by atoms with Crippen molar-refractivity contribution in [3.8, 4) is 5.75 Å². The van der Waals surface area contributed by atoms with Crippen molar-refractivity contribution < 1.29 is 18.7 Å². The Balaban J connectivity index is 1.76. The first-order chi connectivity index (χ1) is 12.6. The maximum atomic E-state index is 12.3. The summed E-state index contributed by atoms with van der Waals surface area (Å²) in [6.45, 7) is 0. The van der Waals surface area contributed by atoms with Gasteiger partial charge in [-0.25, -0.2) is 0 Å². The van der Waals surface area contributed by atoms with Crippen molar-refractivity contribution in [2.45, 2.75) is 0 Å². The van der Waals surface area contributed by atoms with Crippen LogP contribution in [0.3, 0.4) is 0 Å². The van der Waals surface area contributed by atoms with E-state index in [1.165, 1.54) is 13.4 Å². The third-order valence-electron chi connectivity index (χ3n) is 3.54. The minimum absolute atomic E-state index is 0.186. The maximum Gasteiger partial charge on any atom is 0.291 e. The van der Waals surface area contributed by atoms with Gasteiger partial charge in [0.2, 0.25) is 0 Å². The molecule has 0 bridgehead atoms. The van der Waals surface area contributed by atoms with Gasteiger partial charge in [-0.2, -0.15) is 0 Å². The summed E-state index contributed by atoms with van der Waals surface area (Å²) < 4.78 is 10.3. The lowest BCUT2D eigenvalue weighted by atomic mass is 10.2. The number of methoxy groups -OCH3 is 1. The highest BCUT2D eigenvalue weighted by Gasteiger charge is 2.13. The highest BCUT2D eigenvalue weighted by Crippen LogP contribution is 2.29. The number of benzene rings is 2. The Morgan fingerprint density at radius 1 is 1.00 bits per heavy atom. The summed E-state index contributed by atoms with van der Waals surface area (Å²) in [6, 6.07) is 14.7. The molecule has 0 aliphatic carbocycles. The highest BCUT2D eigenvalue weighted by molar-refractivity contribution is 6.31. The van der Waals surface area contributed by atoms with Crippen molar-refractivity contribution >= 4 is 34.8 Å². The molecule has 0 unspecified atom stereocenters. The van der Waals surface area contributed by atoms with Crippen molar-refractivity contribution in [2.75, 3.05) is 17.7 Å². The van der Waals surface area contributed by atoms with E-state index >= 15 is 0 Å². The molecule has 7 heteroatoms. The molecule has 2 aromatic carbocycles. The van der Waals surface area contributed by atoms with Crippen LogP contribution in [0.1, 0.15) is 20.9 Å². The quantitative estimate of drug-likeness (QED) is 0.695. The van der Waals surface area contributed by atoms with Crippen LogP contribution in [0.25, 0.3) is 0 Å². The monoisotopic (exact) mass is 370 g/mol. The molecule has 0 aliphatic heterocycles. The van der Waals surface area contributed by atoms with Gasteiger partial charge >= 0.3 is 0 Å². The average Bonchev–Trinajstić information content (AvgIpc) is 3.17. The Bertz CT molecular complexity index is 938. The third-order valence-corrected chi connectivity index (χ3v) is 3.77. The normalized spacial score (nSPS) is 10.2. The number of rotatable bonds is 5. The van der Waals surface area contributed by atoms with Crippen molar-refractivity contribution in [3.63, 3.8) is 0 Å². The number of amides is 2. The van der Waals surface area contributed by atoms with Gasteiger partial charge in [0.15, 0.2) is 5.76 Å². The first kappa shape index (κ1) is 17.6. The van der Waals surface area contributed by atoms with Crippen LogP contribution < -0.4 is 15.4 Å². The van der Waals surface area contributed by atoms with E-state index in [1.807, 2.05) is 0 Å². The Morgan fingerprint density at radius 2 is 1.85 bits per heavy atom. The number of carbonyl (C=O) groups excluding carboxylic acids is 2. The first-order valence-electron chi connectivity index (χ1n) is 7.66. The molecule has 0 saturated heterocycles. The second-order valence-corrected chi connectivity index (χ2v) is 5.75. The number of furan rings is 1. The van der Waals surface area contributed by atoms with E-state index in [1.54, 1.807) is 54.6 Å². The van der Waals surface area contributed by atoms with Crippen LogP contribution in [-0.4, -0.2) is 18.9 Å². The van der Waals surface area contributed by atoms with Crippen LogP contribution in [0.2, 0.25) is 5.02 Å². The molecule has 0 spiro atoms. The number of hydrogen-bond acceptors (Lipinski definition) is 4. The molecule has 132 valence electrons. The summed E-state index contributed by atoms with van der Waals surface area (Å²) >= 11 is 5.90. The lowest BCUT2D eigenvalue weighted by Gasteiger charge is -2.12. The SMILES string of the molecule is COc1cc(NC(=O)c2cccc(Cl)c2)ccc1NC(=O)c1ccco1. The summed E-state index contributed by atoms with van der Waals surface area (Å²) in [5.74, 6) is -0.120. The number of hydrogen-bond donors (Lipinski definition) is 2. The van der Waals surface area contributed by atoms with Crippen molar-refractivity contribution in [1.29, 1.82) is 0 Å². The zero-order valence-electron chi connectivity index (χ0n) is 13.8. The molecule has 0 radical (unpaired) electrons. The molecular formula is C19H15ClN2O4. The second-order valence-electron chi connectivity index (χ2n) is 5.31. The van der Waals surface area contributed by atoms with Gasteiger partial charge in [0.1, 0.15) is 5.75 Å². The molecule has 2 amide bonds. The van der Waals surface area contributed by atoms with E-state index in [2.05, 4.69) is 10.6 Å². The fourth-order valence-electron chi connectivity index (χ4n) is 2.30. The largest absolute Gasteiger partial charge is 0.494 e. The molecule has 0 aliphatic rings. The van der Waals surface area contributed by atoms with Gasteiger partial charge < -0.3 is 19.8 Å². The van der Waals surface area contributed by atoms with Gasteiger partial charge in [-0.15, -0.1) is 0 Å². The van der Waals surface area contributed by atoms with E-state index in [-0.39, 0.29) is 11.7 Å². The summed E-state index contributed by atoms with van der Waals surface area (Å²) in [6.07, 6.45) is 1.42. The molecule has 0 saturated carbocycles. The molecular weight excluding hydrogens is 356 g/mol. The van der Waals surface area contributed by atoms with Gasteiger partial charge in [-0.05, 0) is 42.5 Å². The second kappa shape index (κ2) is 7.76. The summed E-state index contributed by atoms with van der Waals surface area (Å²) in [5, 5.41) is 5.93. The topological polar surface area (TPSA) is 80.6 Å². The molecule has 0 atom stereocenters. The zero-order valence-corrected chi connectivity index (χ0v) is 14.5. The lowest BCUT2D eigenvalue weighted by Crippen LogP contribution is -2.13.